The number of aromatic nitrogens is 3. The summed E-state index contributed by atoms with van der Waals surface area (Å²) < 4.78 is 7.29. The molecule has 1 heterocycles. The number of para-hydroxylation sites is 1. The Hall–Kier alpha value is -3.09. The summed E-state index contributed by atoms with van der Waals surface area (Å²) in [6.45, 7) is 0.249. The monoisotopic (exact) mass is 435 g/mol. The number of hydrogen-bond donors (Lipinski definition) is 0. The molecule has 0 atom stereocenters. The zero-order chi connectivity index (χ0) is 20.8. The van der Waals surface area contributed by atoms with Gasteiger partial charge in [-0.1, -0.05) is 84.0 Å². The molecule has 30 heavy (non-hydrogen) atoms. The van der Waals surface area contributed by atoms with E-state index in [1.54, 1.807) is 0 Å². The summed E-state index contributed by atoms with van der Waals surface area (Å²) >= 11 is 7.45. The highest BCUT2D eigenvalue weighted by Gasteiger charge is 2.17. The maximum atomic E-state index is 12.2. The van der Waals surface area contributed by atoms with Gasteiger partial charge in [0.15, 0.2) is 11.0 Å². The highest BCUT2D eigenvalue weighted by molar-refractivity contribution is 7.99. The minimum absolute atomic E-state index is 0.132. The molecule has 0 saturated heterocycles. The molecule has 3 aromatic carbocycles. The number of carbonyl (C=O) groups excluding carboxylic acids is 1. The van der Waals surface area contributed by atoms with Crippen LogP contribution in [0.15, 0.2) is 90.1 Å². The number of nitrogens with zero attached hydrogens (tertiary/aromatic N) is 3. The number of benzene rings is 3. The van der Waals surface area contributed by atoms with Crippen LogP contribution in [-0.4, -0.2) is 26.5 Å². The Balaban J connectivity index is 1.54. The van der Waals surface area contributed by atoms with Gasteiger partial charge in [0.1, 0.15) is 6.61 Å². The molecular weight excluding hydrogens is 418 g/mol. The molecule has 0 unspecified atom stereocenters. The molecule has 0 amide bonds. The van der Waals surface area contributed by atoms with Gasteiger partial charge in [-0.15, -0.1) is 10.2 Å². The summed E-state index contributed by atoms with van der Waals surface area (Å²) in [6.07, 6.45) is 0. The van der Waals surface area contributed by atoms with Crippen molar-refractivity contribution in [1.82, 2.24) is 14.8 Å². The second kappa shape index (κ2) is 9.61. The van der Waals surface area contributed by atoms with Crippen molar-refractivity contribution in [3.05, 3.63) is 95.5 Å². The van der Waals surface area contributed by atoms with Crippen LogP contribution in [0.3, 0.4) is 0 Å². The molecule has 150 valence electrons. The molecular formula is C23H18ClN3O2S. The van der Waals surface area contributed by atoms with E-state index in [0.29, 0.717) is 16.0 Å². The van der Waals surface area contributed by atoms with E-state index in [-0.39, 0.29) is 18.3 Å². The van der Waals surface area contributed by atoms with Gasteiger partial charge in [-0.05, 0) is 29.8 Å². The van der Waals surface area contributed by atoms with E-state index in [9.17, 15) is 4.79 Å². The minimum Gasteiger partial charge on any atom is -0.460 e. The number of esters is 1. The third-order valence-electron chi connectivity index (χ3n) is 4.29. The van der Waals surface area contributed by atoms with Gasteiger partial charge < -0.3 is 4.74 Å². The first-order valence-corrected chi connectivity index (χ1v) is 10.7. The van der Waals surface area contributed by atoms with Crippen LogP contribution in [0.5, 0.6) is 0 Å². The summed E-state index contributed by atoms with van der Waals surface area (Å²) in [4.78, 5) is 12.2. The molecule has 4 aromatic rings. The van der Waals surface area contributed by atoms with Crippen LogP contribution in [-0.2, 0) is 16.1 Å². The predicted molar refractivity (Wildman–Crippen MR) is 119 cm³/mol. The fourth-order valence-electron chi connectivity index (χ4n) is 2.89. The lowest BCUT2D eigenvalue weighted by Gasteiger charge is -2.10. The highest BCUT2D eigenvalue weighted by atomic mass is 35.5. The third-order valence-corrected chi connectivity index (χ3v) is 5.43. The van der Waals surface area contributed by atoms with Gasteiger partial charge in [0.05, 0.1) is 5.75 Å². The Morgan fingerprint density at radius 3 is 2.40 bits per heavy atom. The molecule has 0 aliphatic rings. The highest BCUT2D eigenvalue weighted by Crippen LogP contribution is 2.29. The van der Waals surface area contributed by atoms with Crippen molar-refractivity contribution in [3.63, 3.8) is 0 Å². The quantitative estimate of drug-likeness (QED) is 0.286. The van der Waals surface area contributed by atoms with Gasteiger partial charge in [-0.3, -0.25) is 9.36 Å². The van der Waals surface area contributed by atoms with E-state index in [1.807, 2.05) is 89.5 Å². The number of ether oxygens (including phenoxy) is 1. The van der Waals surface area contributed by atoms with Crippen LogP contribution in [0.4, 0.5) is 0 Å². The molecule has 0 saturated carbocycles. The van der Waals surface area contributed by atoms with Crippen LogP contribution in [0, 0.1) is 0 Å². The van der Waals surface area contributed by atoms with Crippen LogP contribution in [0.1, 0.15) is 5.56 Å². The standard InChI is InChI=1S/C23H18ClN3O2S/c24-19-11-7-10-18(14-19)22-25-26-23(27(22)20-12-5-2-6-13-20)30-16-21(28)29-15-17-8-3-1-4-9-17/h1-14H,15-16H2. The van der Waals surface area contributed by atoms with E-state index in [4.69, 9.17) is 16.3 Å². The van der Waals surface area contributed by atoms with Gasteiger partial charge >= 0.3 is 5.97 Å². The molecule has 0 aliphatic carbocycles. The normalized spacial score (nSPS) is 10.7. The summed E-state index contributed by atoms with van der Waals surface area (Å²) in [6, 6.07) is 26.8. The van der Waals surface area contributed by atoms with Gasteiger partial charge in [-0.25, -0.2) is 0 Å². The lowest BCUT2D eigenvalue weighted by molar-refractivity contribution is -0.141. The molecule has 0 fully saturated rings. The summed E-state index contributed by atoms with van der Waals surface area (Å²) in [5.74, 6) is 0.479. The van der Waals surface area contributed by atoms with Crippen LogP contribution in [0.25, 0.3) is 17.1 Å². The summed E-state index contributed by atoms with van der Waals surface area (Å²) in [5, 5.41) is 9.89. The molecule has 0 radical (unpaired) electrons. The lowest BCUT2D eigenvalue weighted by Crippen LogP contribution is -2.08. The largest absolute Gasteiger partial charge is 0.460 e. The number of hydrogen-bond acceptors (Lipinski definition) is 5. The van der Waals surface area contributed by atoms with E-state index >= 15 is 0 Å². The van der Waals surface area contributed by atoms with Crippen molar-refractivity contribution in [3.8, 4) is 17.1 Å². The van der Waals surface area contributed by atoms with E-state index in [2.05, 4.69) is 10.2 Å². The van der Waals surface area contributed by atoms with Crippen LogP contribution >= 0.6 is 23.4 Å². The fourth-order valence-corrected chi connectivity index (χ4v) is 3.83. The van der Waals surface area contributed by atoms with Crippen molar-refractivity contribution in [2.24, 2.45) is 0 Å². The van der Waals surface area contributed by atoms with Gasteiger partial charge in [0.25, 0.3) is 0 Å². The first-order valence-electron chi connectivity index (χ1n) is 9.30. The first kappa shape index (κ1) is 20.2. The summed E-state index contributed by atoms with van der Waals surface area (Å²) in [5.41, 5.74) is 2.70. The van der Waals surface area contributed by atoms with Crippen molar-refractivity contribution in [2.45, 2.75) is 11.8 Å². The van der Waals surface area contributed by atoms with Crippen molar-refractivity contribution >= 4 is 29.3 Å². The average Bonchev–Trinajstić information content (AvgIpc) is 3.21. The molecule has 1 aromatic heterocycles. The Morgan fingerprint density at radius 1 is 0.933 bits per heavy atom. The summed E-state index contributed by atoms with van der Waals surface area (Å²) in [7, 11) is 0. The van der Waals surface area contributed by atoms with Crippen molar-refractivity contribution in [1.29, 1.82) is 0 Å². The number of rotatable bonds is 7. The zero-order valence-electron chi connectivity index (χ0n) is 15.9. The number of halogens is 1. The molecule has 0 N–H and O–H groups in total. The molecule has 5 nitrogen and oxygen atoms in total. The molecule has 4 rings (SSSR count). The van der Waals surface area contributed by atoms with Gasteiger partial charge in [0.2, 0.25) is 0 Å². The Morgan fingerprint density at radius 2 is 1.67 bits per heavy atom. The topological polar surface area (TPSA) is 57.0 Å². The van der Waals surface area contributed by atoms with Gasteiger partial charge in [0, 0.05) is 16.3 Å². The zero-order valence-corrected chi connectivity index (χ0v) is 17.5. The average molecular weight is 436 g/mol. The van der Waals surface area contributed by atoms with Crippen LogP contribution < -0.4 is 0 Å². The number of carbonyl (C=O) groups is 1. The van der Waals surface area contributed by atoms with Crippen molar-refractivity contribution < 1.29 is 9.53 Å². The fraction of sp³-hybridized carbons (Fsp3) is 0.0870. The smallest absolute Gasteiger partial charge is 0.316 e. The minimum atomic E-state index is -0.309. The lowest BCUT2D eigenvalue weighted by atomic mass is 10.2. The maximum Gasteiger partial charge on any atom is 0.316 e. The maximum absolute atomic E-state index is 12.2. The SMILES string of the molecule is O=C(CSc1nnc(-c2cccc(Cl)c2)n1-c1ccccc1)OCc1ccccc1. The second-order valence-electron chi connectivity index (χ2n) is 6.42. The predicted octanol–water partition coefficient (Wildman–Crippen LogP) is 5.42. The van der Waals surface area contributed by atoms with E-state index in [0.717, 1.165) is 16.8 Å². The van der Waals surface area contributed by atoms with E-state index < -0.39 is 0 Å². The molecule has 0 spiro atoms. The second-order valence-corrected chi connectivity index (χ2v) is 7.80. The first-order chi connectivity index (χ1) is 14.7. The number of thioether (sulfide) groups is 1. The Kier molecular flexibility index (Phi) is 6.47. The van der Waals surface area contributed by atoms with E-state index in [1.165, 1.54) is 11.8 Å². The van der Waals surface area contributed by atoms with Gasteiger partial charge in [-0.2, -0.15) is 0 Å². The molecule has 0 bridgehead atoms. The Labute approximate surface area is 183 Å². The van der Waals surface area contributed by atoms with Crippen molar-refractivity contribution in [2.75, 3.05) is 5.75 Å². The molecule has 7 heteroatoms. The molecule has 0 aliphatic heterocycles. The third kappa shape index (κ3) is 4.90. The van der Waals surface area contributed by atoms with Crippen LogP contribution in [0.2, 0.25) is 5.02 Å². The Bertz CT molecular complexity index is 1130.